The maximum absolute atomic E-state index is 12.1. The molecule has 1 aromatic carbocycles. The van der Waals surface area contributed by atoms with Gasteiger partial charge in [0.15, 0.2) is 5.96 Å². The molecular formula is C13H15Cl2N3O2. The van der Waals surface area contributed by atoms with Gasteiger partial charge in [-0.05, 0) is 31.0 Å². The van der Waals surface area contributed by atoms with E-state index < -0.39 is 0 Å². The molecule has 0 aliphatic carbocycles. The number of hydrogen-bond acceptors (Lipinski definition) is 3. The van der Waals surface area contributed by atoms with Crippen LogP contribution >= 0.6 is 23.2 Å². The zero-order chi connectivity index (χ0) is 14.7. The number of nitrogens with zero attached hydrogens (tertiary/aromatic N) is 1. The molecule has 0 bridgehead atoms. The third-order valence-corrected chi connectivity index (χ3v) is 3.80. The molecule has 0 aromatic heterocycles. The normalized spacial score (nSPS) is 16.0. The molecule has 0 saturated carbocycles. The van der Waals surface area contributed by atoms with Crippen molar-refractivity contribution in [3.63, 3.8) is 0 Å². The number of ether oxygens (including phenoxy) is 1. The van der Waals surface area contributed by atoms with Crippen molar-refractivity contribution in [2.45, 2.75) is 12.8 Å². The Kier molecular flexibility index (Phi) is 4.73. The van der Waals surface area contributed by atoms with Crippen LogP contribution in [0.5, 0.6) is 5.75 Å². The number of benzene rings is 1. The summed E-state index contributed by atoms with van der Waals surface area (Å²) in [5.74, 6) is -0.151. The number of nitrogens with one attached hydrogen (secondary N) is 1. The van der Waals surface area contributed by atoms with Gasteiger partial charge >= 0.3 is 5.97 Å². The Morgan fingerprint density at radius 2 is 2.00 bits per heavy atom. The minimum absolute atomic E-state index is 0.0394. The quantitative estimate of drug-likeness (QED) is 0.380. The molecule has 0 amide bonds. The van der Waals surface area contributed by atoms with Crippen LogP contribution in [-0.2, 0) is 4.79 Å². The standard InChI is InChI=1S/C13H15Cl2N3O2/c14-9-1-2-11(10(15)7-9)20-12(19)8-3-5-18(6-4-8)13(16)17/h1-2,7-8H,3-6H2,(H3,16,17). The Morgan fingerprint density at radius 3 is 2.55 bits per heavy atom. The van der Waals surface area contributed by atoms with Crippen LogP contribution in [0.1, 0.15) is 12.8 Å². The Bertz CT molecular complexity index is 528. The van der Waals surface area contributed by atoms with Crippen LogP contribution in [0, 0.1) is 11.3 Å². The molecule has 20 heavy (non-hydrogen) atoms. The number of hydrogen-bond donors (Lipinski definition) is 2. The Balaban J connectivity index is 1.94. The summed E-state index contributed by atoms with van der Waals surface area (Å²) in [6, 6.07) is 4.73. The second kappa shape index (κ2) is 6.33. The van der Waals surface area contributed by atoms with Gasteiger partial charge < -0.3 is 15.4 Å². The van der Waals surface area contributed by atoms with Crippen molar-refractivity contribution in [3.05, 3.63) is 28.2 Å². The van der Waals surface area contributed by atoms with Crippen LogP contribution in [0.25, 0.3) is 0 Å². The Labute approximate surface area is 127 Å². The van der Waals surface area contributed by atoms with Gasteiger partial charge in [0.1, 0.15) is 5.75 Å². The van der Waals surface area contributed by atoms with Gasteiger partial charge in [0.05, 0.1) is 10.9 Å². The molecule has 1 aliphatic rings. The second-order valence-electron chi connectivity index (χ2n) is 4.64. The summed E-state index contributed by atoms with van der Waals surface area (Å²) in [5.41, 5.74) is 5.41. The lowest BCUT2D eigenvalue weighted by Gasteiger charge is -2.30. The number of carbonyl (C=O) groups is 1. The van der Waals surface area contributed by atoms with Gasteiger partial charge in [0.25, 0.3) is 0 Å². The van der Waals surface area contributed by atoms with Crippen molar-refractivity contribution in [2.24, 2.45) is 11.7 Å². The van der Waals surface area contributed by atoms with Crippen LogP contribution < -0.4 is 10.5 Å². The molecule has 1 aromatic rings. The zero-order valence-corrected chi connectivity index (χ0v) is 12.2. The first kappa shape index (κ1) is 14.9. The number of carbonyl (C=O) groups excluding carboxylic acids is 1. The summed E-state index contributed by atoms with van der Waals surface area (Å²) in [7, 11) is 0. The average molecular weight is 316 g/mol. The van der Waals surface area contributed by atoms with Gasteiger partial charge in [0, 0.05) is 18.1 Å². The first-order valence-corrected chi connectivity index (χ1v) is 6.98. The van der Waals surface area contributed by atoms with Crippen molar-refractivity contribution in [2.75, 3.05) is 13.1 Å². The third-order valence-electron chi connectivity index (χ3n) is 3.27. The van der Waals surface area contributed by atoms with Crippen LogP contribution in [0.3, 0.4) is 0 Å². The van der Waals surface area contributed by atoms with Crippen molar-refractivity contribution in [1.29, 1.82) is 5.41 Å². The van der Waals surface area contributed by atoms with Crippen LogP contribution in [0.4, 0.5) is 0 Å². The Hall–Kier alpha value is -1.46. The van der Waals surface area contributed by atoms with Gasteiger partial charge in [-0.3, -0.25) is 10.2 Å². The van der Waals surface area contributed by atoms with Gasteiger partial charge in [0.2, 0.25) is 0 Å². The van der Waals surface area contributed by atoms with E-state index in [4.69, 9.17) is 39.1 Å². The Morgan fingerprint density at radius 1 is 1.35 bits per heavy atom. The predicted octanol–water partition coefficient (Wildman–Crippen LogP) is 2.50. The topological polar surface area (TPSA) is 79.4 Å². The van der Waals surface area contributed by atoms with Gasteiger partial charge in [-0.1, -0.05) is 23.2 Å². The lowest BCUT2D eigenvalue weighted by molar-refractivity contribution is -0.140. The molecule has 108 valence electrons. The maximum atomic E-state index is 12.1. The highest BCUT2D eigenvalue weighted by atomic mass is 35.5. The monoisotopic (exact) mass is 315 g/mol. The SMILES string of the molecule is N=C(N)N1CCC(C(=O)Oc2ccc(Cl)cc2Cl)CC1. The highest BCUT2D eigenvalue weighted by Crippen LogP contribution is 2.29. The number of guanidine groups is 1. The zero-order valence-electron chi connectivity index (χ0n) is 10.7. The first-order valence-electron chi connectivity index (χ1n) is 6.23. The highest BCUT2D eigenvalue weighted by Gasteiger charge is 2.27. The fourth-order valence-electron chi connectivity index (χ4n) is 2.11. The first-order chi connectivity index (χ1) is 9.47. The molecule has 3 N–H and O–H groups in total. The van der Waals surface area contributed by atoms with E-state index in [2.05, 4.69) is 0 Å². The molecule has 1 heterocycles. The molecule has 2 rings (SSSR count). The van der Waals surface area contributed by atoms with Gasteiger partial charge in [-0.25, -0.2) is 0 Å². The summed E-state index contributed by atoms with van der Waals surface area (Å²) in [6.07, 6.45) is 1.23. The summed E-state index contributed by atoms with van der Waals surface area (Å²) >= 11 is 11.7. The van der Waals surface area contributed by atoms with E-state index in [1.54, 1.807) is 17.0 Å². The minimum atomic E-state index is -0.308. The molecule has 1 aliphatic heterocycles. The number of piperidine rings is 1. The largest absolute Gasteiger partial charge is 0.425 e. The molecule has 1 saturated heterocycles. The summed E-state index contributed by atoms with van der Waals surface area (Å²) in [4.78, 5) is 13.8. The molecule has 0 radical (unpaired) electrons. The third kappa shape index (κ3) is 3.55. The smallest absolute Gasteiger partial charge is 0.314 e. The molecule has 0 atom stereocenters. The molecule has 5 nitrogen and oxygen atoms in total. The highest BCUT2D eigenvalue weighted by molar-refractivity contribution is 6.35. The molecule has 7 heteroatoms. The average Bonchev–Trinajstić information content (AvgIpc) is 2.42. The fraction of sp³-hybridized carbons (Fsp3) is 0.385. The van der Waals surface area contributed by atoms with E-state index in [1.165, 1.54) is 6.07 Å². The molecule has 0 spiro atoms. The van der Waals surface area contributed by atoms with Crippen LogP contribution in [0.2, 0.25) is 10.0 Å². The van der Waals surface area contributed by atoms with E-state index in [1.807, 2.05) is 0 Å². The van der Waals surface area contributed by atoms with Crippen LogP contribution in [0.15, 0.2) is 18.2 Å². The lowest BCUT2D eigenvalue weighted by Crippen LogP contribution is -2.44. The van der Waals surface area contributed by atoms with E-state index in [9.17, 15) is 4.79 Å². The van der Waals surface area contributed by atoms with E-state index >= 15 is 0 Å². The maximum Gasteiger partial charge on any atom is 0.314 e. The van der Waals surface area contributed by atoms with Crippen molar-refractivity contribution in [1.82, 2.24) is 4.90 Å². The summed E-state index contributed by atoms with van der Waals surface area (Å²) in [6.45, 7) is 1.17. The fourth-order valence-corrected chi connectivity index (χ4v) is 2.55. The molecule has 0 unspecified atom stereocenters. The van der Waals surface area contributed by atoms with Crippen LogP contribution in [-0.4, -0.2) is 29.9 Å². The van der Waals surface area contributed by atoms with Crippen molar-refractivity contribution < 1.29 is 9.53 Å². The van der Waals surface area contributed by atoms with E-state index in [0.717, 1.165) is 0 Å². The predicted molar refractivity (Wildman–Crippen MR) is 78.3 cm³/mol. The number of nitrogens with two attached hydrogens (primary N) is 1. The van der Waals surface area contributed by atoms with E-state index in [0.29, 0.717) is 41.7 Å². The molecule has 1 fully saturated rings. The minimum Gasteiger partial charge on any atom is -0.425 e. The number of halogens is 2. The number of esters is 1. The summed E-state index contributed by atoms with van der Waals surface area (Å²) < 4.78 is 5.30. The number of rotatable bonds is 2. The van der Waals surface area contributed by atoms with Gasteiger partial charge in [-0.15, -0.1) is 0 Å². The molecular weight excluding hydrogens is 301 g/mol. The van der Waals surface area contributed by atoms with Crippen molar-refractivity contribution in [3.8, 4) is 5.75 Å². The van der Waals surface area contributed by atoms with Crippen molar-refractivity contribution >= 4 is 35.1 Å². The van der Waals surface area contributed by atoms with E-state index in [-0.39, 0.29) is 17.8 Å². The second-order valence-corrected chi connectivity index (χ2v) is 5.49. The number of likely N-dealkylation sites (tertiary alicyclic amines) is 1. The lowest BCUT2D eigenvalue weighted by atomic mass is 9.97. The van der Waals surface area contributed by atoms with Gasteiger partial charge in [-0.2, -0.15) is 0 Å². The summed E-state index contributed by atoms with van der Waals surface area (Å²) in [5, 5.41) is 8.15.